The Balaban J connectivity index is 2.16. The fourth-order valence-corrected chi connectivity index (χ4v) is 3.75. The molecule has 0 heterocycles. The highest BCUT2D eigenvalue weighted by atomic mass is 35.5. The molecule has 5 nitrogen and oxygen atoms in total. The van der Waals surface area contributed by atoms with E-state index in [0.717, 1.165) is 28.6 Å². The molecule has 0 unspecified atom stereocenters. The van der Waals surface area contributed by atoms with Crippen molar-refractivity contribution in [2.75, 3.05) is 22.4 Å². The van der Waals surface area contributed by atoms with Crippen molar-refractivity contribution in [2.24, 2.45) is 0 Å². The molecule has 0 saturated carbocycles. The van der Waals surface area contributed by atoms with E-state index in [4.69, 9.17) is 11.6 Å². The van der Waals surface area contributed by atoms with E-state index in [0.29, 0.717) is 10.7 Å². The number of benzene rings is 2. The van der Waals surface area contributed by atoms with Gasteiger partial charge in [-0.1, -0.05) is 29.8 Å². The van der Waals surface area contributed by atoms with Crippen molar-refractivity contribution in [1.82, 2.24) is 0 Å². The van der Waals surface area contributed by atoms with Crippen LogP contribution in [0.15, 0.2) is 36.4 Å². The van der Waals surface area contributed by atoms with Crippen molar-refractivity contribution < 1.29 is 13.2 Å². The van der Waals surface area contributed by atoms with Crippen molar-refractivity contribution in [1.29, 1.82) is 0 Å². The van der Waals surface area contributed by atoms with E-state index in [1.807, 2.05) is 32.0 Å². The standard InChI is InChI=1S/C19H23ClN2O3S/c1-13-5-6-14(2)17(11-13)21-19(23)9-10-22(26(4,24)25)18-12-16(20)8-7-15(18)3/h5-8,11-12H,9-10H2,1-4H3,(H,21,23). The fourth-order valence-electron chi connectivity index (χ4n) is 2.60. The monoisotopic (exact) mass is 394 g/mol. The molecule has 1 amide bonds. The van der Waals surface area contributed by atoms with Gasteiger partial charge in [-0.2, -0.15) is 0 Å². The van der Waals surface area contributed by atoms with E-state index in [1.54, 1.807) is 25.1 Å². The summed E-state index contributed by atoms with van der Waals surface area (Å²) in [6, 6.07) is 10.9. The molecule has 7 heteroatoms. The van der Waals surface area contributed by atoms with Crippen LogP contribution in [0, 0.1) is 20.8 Å². The maximum atomic E-state index is 12.3. The maximum absolute atomic E-state index is 12.3. The lowest BCUT2D eigenvalue weighted by Gasteiger charge is -2.24. The minimum absolute atomic E-state index is 0.0341. The van der Waals surface area contributed by atoms with Gasteiger partial charge in [0.05, 0.1) is 11.9 Å². The highest BCUT2D eigenvalue weighted by Gasteiger charge is 2.20. The molecule has 2 rings (SSSR count). The minimum atomic E-state index is -3.55. The van der Waals surface area contributed by atoms with Crippen LogP contribution in [0.5, 0.6) is 0 Å². The van der Waals surface area contributed by atoms with Gasteiger partial charge in [0.25, 0.3) is 0 Å². The lowest BCUT2D eigenvalue weighted by atomic mass is 10.1. The molecule has 1 N–H and O–H groups in total. The largest absolute Gasteiger partial charge is 0.326 e. The average molecular weight is 395 g/mol. The highest BCUT2D eigenvalue weighted by molar-refractivity contribution is 7.92. The quantitative estimate of drug-likeness (QED) is 0.803. The van der Waals surface area contributed by atoms with Crippen molar-refractivity contribution in [2.45, 2.75) is 27.2 Å². The maximum Gasteiger partial charge on any atom is 0.232 e. The van der Waals surface area contributed by atoms with Gasteiger partial charge >= 0.3 is 0 Å². The Kier molecular flexibility index (Phi) is 6.31. The Hall–Kier alpha value is -2.05. The van der Waals surface area contributed by atoms with Crippen molar-refractivity contribution in [3.05, 3.63) is 58.1 Å². The van der Waals surface area contributed by atoms with Gasteiger partial charge in [-0.25, -0.2) is 8.42 Å². The van der Waals surface area contributed by atoms with E-state index >= 15 is 0 Å². The predicted octanol–water partition coefficient (Wildman–Crippen LogP) is 4.06. The second-order valence-electron chi connectivity index (χ2n) is 6.38. The molecule has 0 spiro atoms. The van der Waals surface area contributed by atoms with Crippen LogP contribution in [0.4, 0.5) is 11.4 Å². The molecule has 2 aromatic rings. The van der Waals surface area contributed by atoms with E-state index in [-0.39, 0.29) is 18.9 Å². The van der Waals surface area contributed by atoms with Crippen LogP contribution in [-0.4, -0.2) is 27.1 Å². The molecule has 0 aromatic heterocycles. The topological polar surface area (TPSA) is 66.5 Å². The summed E-state index contributed by atoms with van der Waals surface area (Å²) >= 11 is 6.01. The summed E-state index contributed by atoms with van der Waals surface area (Å²) in [5.74, 6) is -0.243. The van der Waals surface area contributed by atoms with Crippen molar-refractivity contribution >= 4 is 38.9 Å². The number of sulfonamides is 1. The first-order valence-corrected chi connectivity index (χ1v) is 10.4. The number of nitrogens with one attached hydrogen (secondary N) is 1. The number of nitrogens with zero attached hydrogens (tertiary/aromatic N) is 1. The summed E-state index contributed by atoms with van der Waals surface area (Å²) in [5.41, 5.74) is 3.99. The van der Waals surface area contributed by atoms with Crippen molar-refractivity contribution in [3.63, 3.8) is 0 Å². The van der Waals surface area contributed by atoms with Gasteiger partial charge in [-0.15, -0.1) is 0 Å². The van der Waals surface area contributed by atoms with E-state index < -0.39 is 10.0 Å². The van der Waals surface area contributed by atoms with Gasteiger partial charge in [-0.3, -0.25) is 9.10 Å². The second kappa shape index (κ2) is 8.10. The van der Waals surface area contributed by atoms with Crippen LogP contribution in [0.3, 0.4) is 0 Å². The lowest BCUT2D eigenvalue weighted by Crippen LogP contribution is -2.33. The first kappa shape index (κ1) is 20.3. The third-order valence-electron chi connectivity index (χ3n) is 4.05. The van der Waals surface area contributed by atoms with Crippen LogP contribution in [0.25, 0.3) is 0 Å². The normalized spacial score (nSPS) is 11.3. The zero-order valence-corrected chi connectivity index (χ0v) is 16.9. The number of carbonyl (C=O) groups excluding carboxylic acids is 1. The number of anilines is 2. The number of hydrogen-bond acceptors (Lipinski definition) is 3. The molecule has 26 heavy (non-hydrogen) atoms. The van der Waals surface area contributed by atoms with Gasteiger partial charge in [0.1, 0.15) is 0 Å². The summed E-state index contributed by atoms with van der Waals surface area (Å²) in [6.45, 7) is 5.70. The number of amides is 1. The molecule has 0 radical (unpaired) electrons. The third kappa shape index (κ3) is 5.22. The van der Waals surface area contributed by atoms with E-state index in [1.165, 1.54) is 4.31 Å². The van der Waals surface area contributed by atoms with Crippen LogP contribution >= 0.6 is 11.6 Å². The summed E-state index contributed by atoms with van der Waals surface area (Å²) in [4.78, 5) is 12.3. The summed E-state index contributed by atoms with van der Waals surface area (Å²) < 4.78 is 25.7. The third-order valence-corrected chi connectivity index (χ3v) is 5.46. The second-order valence-corrected chi connectivity index (χ2v) is 8.73. The van der Waals surface area contributed by atoms with Crippen LogP contribution < -0.4 is 9.62 Å². The van der Waals surface area contributed by atoms with Crippen LogP contribution in [0.1, 0.15) is 23.1 Å². The highest BCUT2D eigenvalue weighted by Crippen LogP contribution is 2.26. The first-order valence-electron chi connectivity index (χ1n) is 8.19. The molecule has 140 valence electrons. The molecule has 2 aromatic carbocycles. The Morgan fingerprint density at radius 2 is 1.73 bits per heavy atom. The first-order chi connectivity index (χ1) is 12.1. The molecular formula is C19H23ClN2O3S. The summed E-state index contributed by atoms with van der Waals surface area (Å²) in [5, 5.41) is 3.29. The number of halogens is 1. The fraction of sp³-hybridized carbons (Fsp3) is 0.316. The number of hydrogen-bond donors (Lipinski definition) is 1. The number of aryl methyl sites for hydroxylation is 3. The lowest BCUT2D eigenvalue weighted by molar-refractivity contribution is -0.116. The van der Waals surface area contributed by atoms with Crippen molar-refractivity contribution in [3.8, 4) is 0 Å². The predicted molar refractivity (Wildman–Crippen MR) is 108 cm³/mol. The van der Waals surface area contributed by atoms with Gasteiger partial charge < -0.3 is 5.32 Å². The van der Waals surface area contributed by atoms with Gasteiger partial charge in [0, 0.05) is 23.7 Å². The van der Waals surface area contributed by atoms with Gasteiger partial charge in [-0.05, 0) is 55.7 Å². The number of rotatable bonds is 6. The zero-order valence-electron chi connectivity index (χ0n) is 15.3. The van der Waals surface area contributed by atoms with E-state index in [9.17, 15) is 13.2 Å². The Morgan fingerprint density at radius 1 is 1.08 bits per heavy atom. The zero-order chi connectivity index (χ0) is 19.5. The van der Waals surface area contributed by atoms with Gasteiger partial charge in [0.2, 0.25) is 15.9 Å². The molecule has 0 bridgehead atoms. The molecule has 0 atom stereocenters. The minimum Gasteiger partial charge on any atom is -0.326 e. The average Bonchev–Trinajstić information content (AvgIpc) is 2.53. The summed E-state index contributed by atoms with van der Waals surface area (Å²) in [6.07, 6.45) is 1.16. The van der Waals surface area contributed by atoms with E-state index in [2.05, 4.69) is 5.32 Å². The Morgan fingerprint density at radius 3 is 2.38 bits per heavy atom. The van der Waals surface area contributed by atoms with Crippen LogP contribution in [0.2, 0.25) is 5.02 Å². The molecular weight excluding hydrogens is 372 g/mol. The molecule has 0 saturated heterocycles. The molecule has 0 aliphatic heterocycles. The SMILES string of the molecule is Cc1ccc(C)c(NC(=O)CCN(c2cc(Cl)ccc2C)S(C)(=O)=O)c1. The smallest absolute Gasteiger partial charge is 0.232 e. The van der Waals surface area contributed by atoms with Gasteiger partial charge in [0.15, 0.2) is 0 Å². The Labute approximate surface area is 160 Å². The summed E-state index contributed by atoms with van der Waals surface area (Å²) in [7, 11) is -3.55. The number of carbonyl (C=O) groups is 1. The molecule has 0 aliphatic rings. The van der Waals surface area contributed by atoms with Crippen LogP contribution in [-0.2, 0) is 14.8 Å². The molecule has 0 fully saturated rings. The molecule has 0 aliphatic carbocycles. The Bertz CT molecular complexity index is 926.